The summed E-state index contributed by atoms with van der Waals surface area (Å²) in [4.78, 5) is 30.4. The molecule has 0 atom stereocenters. The number of fused-ring (bicyclic) bond motifs is 1. The monoisotopic (exact) mass is 435 g/mol. The minimum atomic E-state index is -0.0975. The number of benzene rings is 2. The number of para-hydroxylation sites is 1. The number of aromatic nitrogens is 1. The Labute approximate surface area is 190 Å². The van der Waals surface area contributed by atoms with Crippen LogP contribution in [0.2, 0.25) is 0 Å². The van der Waals surface area contributed by atoms with Gasteiger partial charge in [0.25, 0.3) is 0 Å². The number of hydrogen-bond acceptors (Lipinski definition) is 3. The third-order valence-corrected chi connectivity index (χ3v) is 5.53. The molecule has 0 unspecified atom stereocenters. The standard InChI is InChI=1S/C26H33N3O3/c1-4-16-27-24(30)18-29(17-5-2)25(31)15-14-22-21-8-6-7-9-23(21)28-26(22)19-10-12-20(32-3)13-11-19/h6-13,28H,4-5,14-18H2,1-3H3,(H,27,30). The van der Waals surface area contributed by atoms with Crippen molar-refractivity contribution in [1.29, 1.82) is 0 Å². The Bertz CT molecular complexity index is 1040. The van der Waals surface area contributed by atoms with Crippen LogP contribution in [0, 0.1) is 0 Å². The molecule has 2 amide bonds. The summed E-state index contributed by atoms with van der Waals surface area (Å²) >= 11 is 0. The summed E-state index contributed by atoms with van der Waals surface area (Å²) in [7, 11) is 1.65. The van der Waals surface area contributed by atoms with E-state index in [4.69, 9.17) is 4.74 Å². The van der Waals surface area contributed by atoms with Crippen molar-refractivity contribution in [1.82, 2.24) is 15.2 Å². The zero-order chi connectivity index (χ0) is 22.9. The molecule has 32 heavy (non-hydrogen) atoms. The van der Waals surface area contributed by atoms with Gasteiger partial charge in [0.1, 0.15) is 5.75 Å². The van der Waals surface area contributed by atoms with Crippen molar-refractivity contribution in [3.8, 4) is 17.0 Å². The van der Waals surface area contributed by atoms with E-state index in [0.29, 0.717) is 25.9 Å². The van der Waals surface area contributed by atoms with Crippen LogP contribution in [-0.4, -0.2) is 48.4 Å². The fourth-order valence-electron chi connectivity index (χ4n) is 3.91. The quantitative estimate of drug-likeness (QED) is 0.464. The van der Waals surface area contributed by atoms with Gasteiger partial charge in [0.15, 0.2) is 0 Å². The number of methoxy groups -OCH3 is 1. The molecule has 6 heteroatoms. The molecule has 2 N–H and O–H groups in total. The van der Waals surface area contributed by atoms with Crippen molar-refractivity contribution in [2.24, 2.45) is 0 Å². The largest absolute Gasteiger partial charge is 0.497 e. The summed E-state index contributed by atoms with van der Waals surface area (Å²) in [6, 6.07) is 16.1. The van der Waals surface area contributed by atoms with Crippen LogP contribution in [0.1, 0.15) is 38.7 Å². The highest BCUT2D eigenvalue weighted by molar-refractivity contribution is 5.92. The summed E-state index contributed by atoms with van der Waals surface area (Å²) in [5.74, 6) is 0.710. The van der Waals surface area contributed by atoms with E-state index in [0.717, 1.165) is 46.3 Å². The predicted molar refractivity (Wildman–Crippen MR) is 129 cm³/mol. The molecule has 3 aromatic rings. The van der Waals surface area contributed by atoms with Crippen molar-refractivity contribution < 1.29 is 14.3 Å². The number of ether oxygens (including phenoxy) is 1. The molecule has 0 saturated heterocycles. The third-order valence-electron chi connectivity index (χ3n) is 5.53. The minimum absolute atomic E-state index is 0.00413. The molecule has 0 aliphatic rings. The van der Waals surface area contributed by atoms with Crippen molar-refractivity contribution in [2.45, 2.75) is 39.5 Å². The van der Waals surface area contributed by atoms with Crippen LogP contribution >= 0.6 is 0 Å². The van der Waals surface area contributed by atoms with Gasteiger partial charge >= 0.3 is 0 Å². The normalized spacial score (nSPS) is 10.8. The van der Waals surface area contributed by atoms with Gasteiger partial charge in [-0.3, -0.25) is 9.59 Å². The van der Waals surface area contributed by atoms with E-state index in [1.54, 1.807) is 12.0 Å². The van der Waals surface area contributed by atoms with Crippen LogP contribution < -0.4 is 10.1 Å². The van der Waals surface area contributed by atoms with Crippen molar-refractivity contribution in [3.63, 3.8) is 0 Å². The first-order valence-electron chi connectivity index (χ1n) is 11.4. The van der Waals surface area contributed by atoms with E-state index in [2.05, 4.69) is 22.4 Å². The lowest BCUT2D eigenvalue weighted by Gasteiger charge is -2.21. The Hall–Kier alpha value is -3.28. The second-order valence-electron chi connectivity index (χ2n) is 7.92. The van der Waals surface area contributed by atoms with Crippen LogP contribution in [0.3, 0.4) is 0 Å². The van der Waals surface area contributed by atoms with E-state index < -0.39 is 0 Å². The lowest BCUT2D eigenvalue weighted by Crippen LogP contribution is -2.41. The van der Waals surface area contributed by atoms with Gasteiger partial charge in [-0.25, -0.2) is 0 Å². The van der Waals surface area contributed by atoms with Crippen molar-refractivity contribution in [2.75, 3.05) is 26.7 Å². The molecule has 2 aromatic carbocycles. The van der Waals surface area contributed by atoms with Gasteiger partial charge in [0.2, 0.25) is 11.8 Å². The van der Waals surface area contributed by atoms with Crippen LogP contribution in [0.15, 0.2) is 48.5 Å². The molecule has 1 heterocycles. The maximum absolute atomic E-state index is 13.0. The maximum atomic E-state index is 13.0. The molecule has 0 radical (unpaired) electrons. The molecule has 0 aliphatic heterocycles. The van der Waals surface area contributed by atoms with Crippen LogP contribution in [-0.2, 0) is 16.0 Å². The van der Waals surface area contributed by atoms with E-state index in [1.165, 1.54) is 0 Å². The van der Waals surface area contributed by atoms with Crippen LogP contribution in [0.5, 0.6) is 5.75 Å². The Morgan fingerprint density at radius 3 is 2.47 bits per heavy atom. The molecule has 0 spiro atoms. The highest BCUT2D eigenvalue weighted by Gasteiger charge is 2.19. The number of carbonyl (C=O) groups is 2. The molecular formula is C26H33N3O3. The van der Waals surface area contributed by atoms with Crippen molar-refractivity contribution >= 4 is 22.7 Å². The van der Waals surface area contributed by atoms with Gasteiger partial charge < -0.3 is 19.9 Å². The van der Waals surface area contributed by atoms with Gasteiger partial charge in [-0.1, -0.05) is 32.0 Å². The minimum Gasteiger partial charge on any atom is -0.497 e. The predicted octanol–water partition coefficient (Wildman–Crippen LogP) is 4.54. The first-order valence-corrected chi connectivity index (χ1v) is 11.4. The van der Waals surface area contributed by atoms with E-state index in [-0.39, 0.29) is 18.4 Å². The molecule has 1 aromatic heterocycles. The summed E-state index contributed by atoms with van der Waals surface area (Å²) in [5.41, 5.74) is 4.23. The fraction of sp³-hybridized carbons (Fsp3) is 0.385. The van der Waals surface area contributed by atoms with Gasteiger partial charge in [0, 0.05) is 36.1 Å². The second-order valence-corrected chi connectivity index (χ2v) is 7.92. The van der Waals surface area contributed by atoms with E-state index >= 15 is 0 Å². The number of nitrogens with one attached hydrogen (secondary N) is 2. The van der Waals surface area contributed by atoms with Crippen molar-refractivity contribution in [3.05, 3.63) is 54.1 Å². The summed E-state index contributed by atoms with van der Waals surface area (Å²) in [5, 5.41) is 3.98. The van der Waals surface area contributed by atoms with Gasteiger partial charge in [0.05, 0.1) is 13.7 Å². The first-order chi connectivity index (χ1) is 15.6. The highest BCUT2D eigenvalue weighted by Crippen LogP contribution is 2.32. The Kier molecular flexibility index (Phi) is 8.31. The SMILES string of the molecule is CCCNC(=O)CN(CCC)C(=O)CCc1c(-c2ccc(OC)cc2)[nH]c2ccccc12. The van der Waals surface area contributed by atoms with E-state index in [1.807, 2.05) is 50.2 Å². The third kappa shape index (κ3) is 5.69. The Morgan fingerprint density at radius 1 is 1.03 bits per heavy atom. The molecule has 0 saturated carbocycles. The lowest BCUT2D eigenvalue weighted by atomic mass is 10.0. The molecular weight excluding hydrogens is 402 g/mol. The molecule has 0 fully saturated rings. The Morgan fingerprint density at radius 2 is 1.78 bits per heavy atom. The maximum Gasteiger partial charge on any atom is 0.239 e. The fourth-order valence-corrected chi connectivity index (χ4v) is 3.91. The molecule has 0 aliphatic carbocycles. The number of nitrogens with zero attached hydrogens (tertiary/aromatic N) is 1. The molecule has 170 valence electrons. The number of H-pyrrole nitrogens is 1. The number of aromatic amines is 1. The topological polar surface area (TPSA) is 74.4 Å². The lowest BCUT2D eigenvalue weighted by molar-refractivity contribution is -0.136. The molecule has 0 bridgehead atoms. The summed E-state index contributed by atoms with van der Waals surface area (Å²) in [6.45, 7) is 5.36. The Balaban J connectivity index is 1.80. The molecule has 3 rings (SSSR count). The number of rotatable bonds is 11. The summed E-state index contributed by atoms with van der Waals surface area (Å²) in [6.07, 6.45) is 2.65. The van der Waals surface area contributed by atoms with Gasteiger partial charge in [-0.2, -0.15) is 0 Å². The first kappa shape index (κ1) is 23.4. The van der Waals surface area contributed by atoms with Crippen LogP contribution in [0.4, 0.5) is 0 Å². The average Bonchev–Trinajstić information content (AvgIpc) is 3.19. The summed E-state index contributed by atoms with van der Waals surface area (Å²) < 4.78 is 5.29. The smallest absolute Gasteiger partial charge is 0.239 e. The number of hydrogen-bond donors (Lipinski definition) is 2. The van der Waals surface area contributed by atoms with E-state index in [9.17, 15) is 9.59 Å². The van der Waals surface area contributed by atoms with Gasteiger partial charge in [-0.05, 0) is 60.7 Å². The highest BCUT2D eigenvalue weighted by atomic mass is 16.5. The zero-order valence-corrected chi connectivity index (χ0v) is 19.2. The van der Waals surface area contributed by atoms with Crippen LogP contribution in [0.25, 0.3) is 22.2 Å². The second kappa shape index (κ2) is 11.4. The zero-order valence-electron chi connectivity index (χ0n) is 19.2. The number of amides is 2. The average molecular weight is 436 g/mol. The van der Waals surface area contributed by atoms with Gasteiger partial charge in [-0.15, -0.1) is 0 Å². The number of carbonyl (C=O) groups excluding carboxylic acids is 2. The number of aryl methyl sites for hydroxylation is 1. The molecule has 6 nitrogen and oxygen atoms in total.